The highest BCUT2D eigenvalue weighted by Crippen LogP contribution is 2.18. The number of fused-ring (bicyclic) bond motifs is 1. The summed E-state index contributed by atoms with van der Waals surface area (Å²) in [7, 11) is 0. The molecule has 0 aliphatic carbocycles. The van der Waals surface area contributed by atoms with Crippen molar-refractivity contribution >= 4 is 38.5 Å². The molecule has 3 rings (SSSR count). The van der Waals surface area contributed by atoms with Crippen molar-refractivity contribution in [1.29, 1.82) is 5.26 Å². The number of rotatable bonds is 2. The monoisotopic (exact) mass is 352 g/mol. The van der Waals surface area contributed by atoms with Crippen molar-refractivity contribution < 1.29 is 0 Å². The van der Waals surface area contributed by atoms with Crippen LogP contribution >= 0.6 is 15.9 Å². The highest BCUT2D eigenvalue weighted by Gasteiger charge is 2.08. The molecule has 0 aliphatic rings. The van der Waals surface area contributed by atoms with Gasteiger partial charge in [0, 0.05) is 16.9 Å². The molecular weight excluding hydrogens is 344 g/mol. The molecule has 0 unspecified atom stereocenters. The van der Waals surface area contributed by atoms with Gasteiger partial charge in [-0.3, -0.25) is 9.78 Å². The minimum Gasteiger partial charge on any atom is -0.305 e. The zero-order valence-corrected chi connectivity index (χ0v) is 12.8. The Bertz CT molecular complexity index is 971. The van der Waals surface area contributed by atoms with Gasteiger partial charge < -0.3 is 4.98 Å². The molecule has 0 spiro atoms. The average molecular weight is 353 g/mol. The molecule has 1 N–H and O–H groups in total. The summed E-state index contributed by atoms with van der Waals surface area (Å²) in [6, 6.07) is 10.8. The second-order valence-corrected chi connectivity index (χ2v) is 5.44. The van der Waals surface area contributed by atoms with E-state index in [2.05, 4.69) is 37.0 Å². The molecule has 2 aromatic heterocycles. The van der Waals surface area contributed by atoms with E-state index in [1.54, 1.807) is 48.8 Å². The van der Waals surface area contributed by atoms with E-state index in [-0.39, 0.29) is 17.0 Å². The first-order valence-electron chi connectivity index (χ1n) is 6.39. The number of pyridine rings is 1. The predicted octanol–water partition coefficient (Wildman–Crippen LogP) is 3.14. The van der Waals surface area contributed by atoms with Crippen LogP contribution in [0.15, 0.2) is 52.0 Å². The van der Waals surface area contributed by atoms with Crippen molar-refractivity contribution in [3.05, 3.63) is 68.9 Å². The topological polar surface area (TPSA) is 82.4 Å². The molecule has 0 fully saturated rings. The minimum atomic E-state index is -0.280. The van der Waals surface area contributed by atoms with Crippen molar-refractivity contribution in [2.24, 2.45) is 0 Å². The fourth-order valence-electron chi connectivity index (χ4n) is 2.02. The molecule has 0 bridgehead atoms. The smallest absolute Gasteiger partial charge is 0.259 e. The molecule has 3 aromatic rings. The summed E-state index contributed by atoms with van der Waals surface area (Å²) in [5.41, 5.74) is 1.35. The van der Waals surface area contributed by atoms with Crippen LogP contribution in [-0.4, -0.2) is 15.0 Å². The van der Waals surface area contributed by atoms with Crippen molar-refractivity contribution in [3.63, 3.8) is 0 Å². The number of aromatic nitrogens is 3. The zero-order valence-electron chi connectivity index (χ0n) is 11.2. The van der Waals surface area contributed by atoms with Gasteiger partial charge in [0.2, 0.25) is 0 Å². The van der Waals surface area contributed by atoms with E-state index < -0.39 is 0 Å². The predicted molar refractivity (Wildman–Crippen MR) is 87.8 cm³/mol. The third-order valence-electron chi connectivity index (χ3n) is 3.06. The maximum Gasteiger partial charge on any atom is 0.259 e. The molecule has 6 heteroatoms. The second-order valence-electron chi connectivity index (χ2n) is 4.53. The molecule has 22 heavy (non-hydrogen) atoms. The van der Waals surface area contributed by atoms with Crippen molar-refractivity contribution in [3.8, 4) is 6.07 Å². The van der Waals surface area contributed by atoms with Gasteiger partial charge in [-0.25, -0.2) is 4.98 Å². The Morgan fingerprint density at radius 1 is 1.27 bits per heavy atom. The highest BCUT2D eigenvalue weighted by atomic mass is 79.9. The molecule has 0 atom stereocenters. The Morgan fingerprint density at radius 2 is 2.05 bits per heavy atom. The zero-order chi connectivity index (χ0) is 15.5. The van der Waals surface area contributed by atoms with Crippen LogP contribution in [0, 0.1) is 11.3 Å². The van der Waals surface area contributed by atoms with Crippen LogP contribution in [0.25, 0.3) is 22.6 Å². The van der Waals surface area contributed by atoms with Crippen LogP contribution in [0.1, 0.15) is 11.4 Å². The van der Waals surface area contributed by atoms with E-state index >= 15 is 0 Å². The fourth-order valence-corrected chi connectivity index (χ4v) is 2.38. The van der Waals surface area contributed by atoms with E-state index in [0.717, 1.165) is 10.0 Å². The lowest BCUT2D eigenvalue weighted by molar-refractivity contribution is 1.13. The number of aromatic amines is 1. The number of halogens is 1. The Balaban J connectivity index is 2.17. The molecule has 1 aromatic carbocycles. The Hall–Kier alpha value is -2.78. The van der Waals surface area contributed by atoms with E-state index in [9.17, 15) is 10.1 Å². The van der Waals surface area contributed by atoms with Gasteiger partial charge in [-0.05, 0) is 42.0 Å². The highest BCUT2D eigenvalue weighted by molar-refractivity contribution is 9.10. The van der Waals surface area contributed by atoms with Gasteiger partial charge in [-0.2, -0.15) is 5.26 Å². The summed E-state index contributed by atoms with van der Waals surface area (Å²) in [5, 5.41) is 9.82. The standard InChI is InChI=1S/C16H9BrN4O/c17-12-1-2-14-13(8-12)16(22)21-15(20-14)11(9-18)7-10-3-5-19-6-4-10/h1-8H,(H,20,21,22)/b11-7+. The van der Waals surface area contributed by atoms with Crippen molar-refractivity contribution in [1.82, 2.24) is 15.0 Å². The van der Waals surface area contributed by atoms with Crippen molar-refractivity contribution in [2.75, 3.05) is 0 Å². The van der Waals surface area contributed by atoms with Crippen LogP contribution < -0.4 is 5.56 Å². The quantitative estimate of drug-likeness (QED) is 0.718. The average Bonchev–Trinajstić information content (AvgIpc) is 2.54. The van der Waals surface area contributed by atoms with Crippen molar-refractivity contribution in [2.45, 2.75) is 0 Å². The number of nitriles is 1. The van der Waals surface area contributed by atoms with Gasteiger partial charge in [0.25, 0.3) is 5.56 Å². The molecular formula is C16H9BrN4O. The van der Waals surface area contributed by atoms with Crippen LogP contribution in [0.2, 0.25) is 0 Å². The lowest BCUT2D eigenvalue weighted by Gasteiger charge is -2.02. The lowest BCUT2D eigenvalue weighted by Crippen LogP contribution is -2.11. The lowest BCUT2D eigenvalue weighted by atomic mass is 10.1. The SMILES string of the molecule is N#C/C(=C\c1ccncc1)c1nc2ccc(Br)cc2c(=O)[nH]1. The van der Waals surface area contributed by atoms with E-state index in [1.807, 2.05) is 0 Å². The number of H-pyrrole nitrogens is 1. The third-order valence-corrected chi connectivity index (χ3v) is 3.55. The normalized spacial score (nSPS) is 11.4. The second kappa shape index (κ2) is 5.92. The van der Waals surface area contributed by atoms with Crippen LogP contribution in [0.5, 0.6) is 0 Å². The minimum absolute atomic E-state index is 0.249. The van der Waals surface area contributed by atoms with Gasteiger partial charge in [0.1, 0.15) is 6.07 Å². The van der Waals surface area contributed by atoms with Gasteiger partial charge in [0.15, 0.2) is 5.82 Å². The molecule has 2 heterocycles. The van der Waals surface area contributed by atoms with Gasteiger partial charge in [-0.1, -0.05) is 15.9 Å². The molecule has 0 aliphatic heterocycles. The van der Waals surface area contributed by atoms with E-state index in [0.29, 0.717) is 10.9 Å². The summed E-state index contributed by atoms with van der Waals surface area (Å²) < 4.78 is 0.799. The third kappa shape index (κ3) is 2.80. The molecule has 0 saturated carbocycles. The number of hydrogen-bond acceptors (Lipinski definition) is 4. The molecule has 0 saturated heterocycles. The molecule has 5 nitrogen and oxygen atoms in total. The summed E-state index contributed by atoms with van der Waals surface area (Å²) in [6.07, 6.45) is 4.93. The summed E-state index contributed by atoms with van der Waals surface area (Å²) in [4.78, 5) is 23.1. The van der Waals surface area contributed by atoms with Crippen LogP contribution in [0.4, 0.5) is 0 Å². The first-order chi connectivity index (χ1) is 10.7. The van der Waals surface area contributed by atoms with E-state index in [1.165, 1.54) is 0 Å². The number of hydrogen-bond donors (Lipinski definition) is 1. The van der Waals surface area contributed by atoms with Gasteiger partial charge in [0.05, 0.1) is 16.5 Å². The summed E-state index contributed by atoms with van der Waals surface area (Å²) in [5.74, 6) is 0.249. The Morgan fingerprint density at radius 3 is 2.77 bits per heavy atom. The number of allylic oxidation sites excluding steroid dienone is 1. The van der Waals surface area contributed by atoms with Crippen LogP contribution in [0.3, 0.4) is 0 Å². The first kappa shape index (κ1) is 14.2. The molecule has 106 valence electrons. The van der Waals surface area contributed by atoms with Gasteiger partial charge >= 0.3 is 0 Å². The largest absolute Gasteiger partial charge is 0.305 e. The van der Waals surface area contributed by atoms with Crippen LogP contribution in [-0.2, 0) is 0 Å². The maximum atomic E-state index is 12.2. The molecule has 0 amide bonds. The Labute approximate surface area is 134 Å². The Kier molecular flexibility index (Phi) is 3.81. The molecule has 0 radical (unpaired) electrons. The summed E-state index contributed by atoms with van der Waals surface area (Å²) in [6.45, 7) is 0. The maximum absolute atomic E-state index is 12.2. The first-order valence-corrected chi connectivity index (χ1v) is 7.18. The number of benzene rings is 1. The van der Waals surface area contributed by atoms with Gasteiger partial charge in [-0.15, -0.1) is 0 Å². The number of nitrogens with one attached hydrogen (secondary N) is 1. The number of nitrogens with zero attached hydrogens (tertiary/aromatic N) is 3. The van der Waals surface area contributed by atoms with E-state index in [4.69, 9.17) is 0 Å². The summed E-state index contributed by atoms with van der Waals surface area (Å²) >= 11 is 3.32. The fraction of sp³-hybridized carbons (Fsp3) is 0.